The third-order valence-electron chi connectivity index (χ3n) is 1.61. The molecule has 0 spiro atoms. The Labute approximate surface area is 106 Å². The SMILES string of the molecule is C#CCSCCNC(=O)C(CS)NC(C)=O. The highest BCUT2D eigenvalue weighted by Gasteiger charge is 2.16. The van der Waals surface area contributed by atoms with Crippen LogP contribution in [0.3, 0.4) is 0 Å². The summed E-state index contributed by atoms with van der Waals surface area (Å²) in [5.74, 6) is 3.72. The fourth-order valence-electron chi connectivity index (χ4n) is 0.940. The largest absolute Gasteiger partial charge is 0.353 e. The van der Waals surface area contributed by atoms with Crippen molar-refractivity contribution in [1.82, 2.24) is 10.6 Å². The van der Waals surface area contributed by atoms with E-state index in [0.29, 0.717) is 12.3 Å². The van der Waals surface area contributed by atoms with Gasteiger partial charge < -0.3 is 10.6 Å². The fourth-order valence-corrected chi connectivity index (χ4v) is 1.71. The van der Waals surface area contributed by atoms with Gasteiger partial charge >= 0.3 is 0 Å². The van der Waals surface area contributed by atoms with Crippen molar-refractivity contribution in [3.05, 3.63) is 0 Å². The topological polar surface area (TPSA) is 58.2 Å². The maximum atomic E-state index is 11.5. The average molecular weight is 260 g/mol. The zero-order chi connectivity index (χ0) is 12.4. The number of nitrogens with one attached hydrogen (secondary N) is 2. The lowest BCUT2D eigenvalue weighted by Crippen LogP contribution is -2.47. The van der Waals surface area contributed by atoms with Gasteiger partial charge in [0, 0.05) is 25.0 Å². The van der Waals surface area contributed by atoms with Crippen molar-refractivity contribution in [3.8, 4) is 12.3 Å². The molecular formula is C10H16N2O2S2. The number of amides is 2. The number of hydrogen-bond donors (Lipinski definition) is 3. The quantitative estimate of drug-likeness (QED) is 0.340. The molecule has 1 atom stereocenters. The summed E-state index contributed by atoms with van der Waals surface area (Å²) in [6.45, 7) is 1.90. The van der Waals surface area contributed by atoms with E-state index in [1.54, 1.807) is 11.8 Å². The second kappa shape index (κ2) is 9.43. The van der Waals surface area contributed by atoms with E-state index in [4.69, 9.17) is 6.42 Å². The average Bonchev–Trinajstić information content (AvgIpc) is 2.25. The summed E-state index contributed by atoms with van der Waals surface area (Å²) in [5.41, 5.74) is 0. The van der Waals surface area contributed by atoms with Crippen molar-refractivity contribution >= 4 is 36.2 Å². The van der Waals surface area contributed by atoms with Crippen LogP contribution in [0, 0.1) is 12.3 Å². The zero-order valence-corrected chi connectivity index (χ0v) is 10.9. The van der Waals surface area contributed by atoms with Crippen LogP contribution < -0.4 is 10.6 Å². The molecule has 0 aliphatic heterocycles. The Morgan fingerprint density at radius 1 is 1.56 bits per heavy atom. The maximum Gasteiger partial charge on any atom is 0.243 e. The lowest BCUT2D eigenvalue weighted by molar-refractivity contribution is -0.127. The smallest absolute Gasteiger partial charge is 0.243 e. The van der Waals surface area contributed by atoms with Gasteiger partial charge in [-0.1, -0.05) is 5.92 Å². The van der Waals surface area contributed by atoms with Crippen molar-refractivity contribution in [1.29, 1.82) is 0 Å². The van der Waals surface area contributed by atoms with Crippen molar-refractivity contribution in [2.75, 3.05) is 23.8 Å². The minimum atomic E-state index is -0.571. The van der Waals surface area contributed by atoms with Gasteiger partial charge in [-0.25, -0.2) is 0 Å². The second-order valence-corrected chi connectivity index (χ2v) is 4.45. The molecule has 2 N–H and O–H groups in total. The van der Waals surface area contributed by atoms with Crippen LogP contribution in [0.25, 0.3) is 0 Å². The number of hydrogen-bond acceptors (Lipinski definition) is 4. The molecule has 0 aliphatic carbocycles. The minimum Gasteiger partial charge on any atom is -0.353 e. The minimum absolute atomic E-state index is 0.216. The molecule has 0 aliphatic rings. The maximum absolute atomic E-state index is 11.5. The van der Waals surface area contributed by atoms with Gasteiger partial charge in [0.2, 0.25) is 11.8 Å². The van der Waals surface area contributed by atoms with Crippen LogP contribution >= 0.6 is 24.4 Å². The molecule has 90 valence electrons. The summed E-state index contributed by atoms with van der Waals surface area (Å²) < 4.78 is 0. The Morgan fingerprint density at radius 2 is 2.25 bits per heavy atom. The van der Waals surface area contributed by atoms with Gasteiger partial charge in [-0.2, -0.15) is 12.6 Å². The molecule has 0 rings (SSSR count). The van der Waals surface area contributed by atoms with Crippen LogP contribution in [-0.2, 0) is 9.59 Å². The van der Waals surface area contributed by atoms with Crippen molar-refractivity contribution in [2.24, 2.45) is 0 Å². The number of rotatable bonds is 7. The van der Waals surface area contributed by atoms with Gasteiger partial charge in [-0.3, -0.25) is 9.59 Å². The van der Waals surface area contributed by atoms with Gasteiger partial charge in [-0.05, 0) is 0 Å². The van der Waals surface area contributed by atoms with Gasteiger partial charge in [0.1, 0.15) is 6.04 Å². The lowest BCUT2D eigenvalue weighted by Gasteiger charge is -2.14. The van der Waals surface area contributed by atoms with E-state index in [0.717, 1.165) is 5.75 Å². The van der Waals surface area contributed by atoms with Gasteiger partial charge in [0.15, 0.2) is 0 Å². The fraction of sp³-hybridized carbons (Fsp3) is 0.600. The van der Waals surface area contributed by atoms with E-state index < -0.39 is 6.04 Å². The van der Waals surface area contributed by atoms with Crippen molar-refractivity contribution in [3.63, 3.8) is 0 Å². The number of carbonyl (C=O) groups is 2. The first-order valence-corrected chi connectivity index (χ1v) is 6.57. The van der Waals surface area contributed by atoms with Crippen LogP contribution in [-0.4, -0.2) is 41.7 Å². The summed E-state index contributed by atoms with van der Waals surface area (Å²) in [6, 6.07) is -0.571. The van der Waals surface area contributed by atoms with Gasteiger partial charge in [0.25, 0.3) is 0 Å². The summed E-state index contributed by atoms with van der Waals surface area (Å²) in [6.07, 6.45) is 5.08. The molecule has 0 bridgehead atoms. The standard InChI is InChI=1S/C10H16N2O2S2/c1-3-5-16-6-4-11-10(14)9(7-15)12-8(2)13/h1,9,15H,4-7H2,2H3,(H,11,14)(H,12,13). The summed E-state index contributed by atoms with van der Waals surface area (Å²) in [5, 5.41) is 5.22. The van der Waals surface area contributed by atoms with Crippen LogP contribution in [0.1, 0.15) is 6.92 Å². The normalized spacial score (nSPS) is 11.3. The molecule has 0 radical (unpaired) electrons. The molecule has 0 aromatic carbocycles. The number of thiol groups is 1. The van der Waals surface area contributed by atoms with Crippen LogP contribution in [0.5, 0.6) is 0 Å². The Balaban J connectivity index is 3.76. The molecule has 4 nitrogen and oxygen atoms in total. The Hall–Kier alpha value is -0.800. The van der Waals surface area contributed by atoms with Crippen molar-refractivity contribution < 1.29 is 9.59 Å². The molecule has 0 heterocycles. The van der Waals surface area contributed by atoms with E-state index in [2.05, 4.69) is 29.2 Å². The van der Waals surface area contributed by atoms with Gasteiger partial charge in [0.05, 0.1) is 5.75 Å². The lowest BCUT2D eigenvalue weighted by atomic mass is 10.3. The predicted octanol–water partition coefficient (Wildman–Crippen LogP) is -0.0965. The first-order chi connectivity index (χ1) is 7.61. The van der Waals surface area contributed by atoms with E-state index >= 15 is 0 Å². The van der Waals surface area contributed by atoms with Crippen LogP contribution in [0.2, 0.25) is 0 Å². The molecular weight excluding hydrogens is 244 g/mol. The van der Waals surface area contributed by atoms with Gasteiger partial charge in [-0.15, -0.1) is 18.2 Å². The van der Waals surface area contributed by atoms with Crippen molar-refractivity contribution in [2.45, 2.75) is 13.0 Å². The molecule has 1 unspecified atom stereocenters. The Bertz CT molecular complexity index is 276. The van der Waals surface area contributed by atoms with Crippen LogP contribution in [0.15, 0.2) is 0 Å². The third-order valence-corrected chi connectivity index (χ3v) is 2.84. The number of carbonyl (C=O) groups excluding carboxylic acids is 2. The highest BCUT2D eigenvalue weighted by molar-refractivity contribution is 7.99. The molecule has 0 aromatic heterocycles. The van der Waals surface area contributed by atoms with E-state index in [1.165, 1.54) is 6.92 Å². The zero-order valence-electron chi connectivity index (χ0n) is 9.16. The molecule has 16 heavy (non-hydrogen) atoms. The summed E-state index contributed by atoms with van der Waals surface area (Å²) in [4.78, 5) is 22.3. The van der Waals surface area contributed by atoms with E-state index in [9.17, 15) is 9.59 Å². The molecule has 0 saturated carbocycles. The summed E-state index contributed by atoms with van der Waals surface area (Å²) in [7, 11) is 0. The Kier molecular flexibility index (Phi) is 8.96. The third kappa shape index (κ3) is 7.49. The molecule has 0 saturated heterocycles. The first kappa shape index (κ1) is 15.2. The van der Waals surface area contributed by atoms with E-state index in [-0.39, 0.29) is 17.6 Å². The first-order valence-electron chi connectivity index (χ1n) is 4.78. The predicted molar refractivity (Wildman–Crippen MR) is 70.6 cm³/mol. The Morgan fingerprint density at radius 3 is 2.75 bits per heavy atom. The van der Waals surface area contributed by atoms with E-state index in [1.807, 2.05) is 0 Å². The number of terminal acetylenes is 1. The monoisotopic (exact) mass is 260 g/mol. The molecule has 6 heteroatoms. The molecule has 0 fully saturated rings. The number of thioether (sulfide) groups is 1. The highest BCUT2D eigenvalue weighted by Crippen LogP contribution is 1.96. The van der Waals surface area contributed by atoms with Crippen LogP contribution in [0.4, 0.5) is 0 Å². The highest BCUT2D eigenvalue weighted by atomic mass is 32.2. The second-order valence-electron chi connectivity index (χ2n) is 2.98. The molecule has 0 aromatic rings. The summed E-state index contributed by atoms with van der Waals surface area (Å²) >= 11 is 5.57. The molecule has 2 amide bonds.